The van der Waals surface area contributed by atoms with E-state index in [0.29, 0.717) is 11.5 Å². The molecule has 0 radical (unpaired) electrons. The van der Waals surface area contributed by atoms with Gasteiger partial charge in [0.25, 0.3) is 0 Å². The maximum Gasteiger partial charge on any atom is 0.223 e. The number of carbonyl (C=O) groups excluding carboxylic acids is 1. The Kier molecular flexibility index (Phi) is 3.79. The Hall–Kier alpha value is -1.71. The van der Waals surface area contributed by atoms with Crippen LogP contribution in [0.3, 0.4) is 0 Å². The van der Waals surface area contributed by atoms with Crippen molar-refractivity contribution in [1.82, 2.24) is 5.32 Å². The fourth-order valence-electron chi connectivity index (χ4n) is 3.47. The van der Waals surface area contributed by atoms with E-state index in [1.54, 1.807) is 14.2 Å². The van der Waals surface area contributed by atoms with E-state index in [4.69, 9.17) is 9.47 Å². The fraction of sp³-hybridized carbons (Fsp3) is 0.588. The highest BCUT2D eigenvalue weighted by molar-refractivity contribution is 5.79. The largest absolute Gasteiger partial charge is 0.493 e. The molecule has 0 saturated heterocycles. The third-order valence-corrected chi connectivity index (χ3v) is 4.88. The van der Waals surface area contributed by atoms with Crippen LogP contribution >= 0.6 is 0 Å². The first-order valence-electron chi connectivity index (χ1n) is 7.64. The van der Waals surface area contributed by atoms with E-state index in [1.807, 2.05) is 25.1 Å². The Morgan fingerprint density at radius 2 is 1.81 bits per heavy atom. The summed E-state index contributed by atoms with van der Waals surface area (Å²) in [5.74, 6) is 3.48. The minimum Gasteiger partial charge on any atom is -0.493 e. The first-order chi connectivity index (χ1) is 10.1. The summed E-state index contributed by atoms with van der Waals surface area (Å²) >= 11 is 0. The number of benzene rings is 1. The van der Waals surface area contributed by atoms with Crippen molar-refractivity contribution in [3.8, 4) is 11.5 Å². The van der Waals surface area contributed by atoms with Gasteiger partial charge in [-0.2, -0.15) is 0 Å². The number of hydrogen-bond donors (Lipinski definition) is 1. The van der Waals surface area contributed by atoms with Crippen molar-refractivity contribution in [1.29, 1.82) is 0 Å². The summed E-state index contributed by atoms with van der Waals surface area (Å²) in [5.41, 5.74) is 1.03. The third kappa shape index (κ3) is 2.85. The number of hydrogen-bond acceptors (Lipinski definition) is 3. The lowest BCUT2D eigenvalue weighted by atomic mass is 10.0. The fourth-order valence-corrected chi connectivity index (χ4v) is 3.47. The number of rotatable bonds is 5. The van der Waals surface area contributed by atoms with Crippen LogP contribution in [-0.2, 0) is 4.79 Å². The molecule has 1 N–H and O–H groups in total. The van der Waals surface area contributed by atoms with Crippen LogP contribution in [-0.4, -0.2) is 20.1 Å². The predicted molar refractivity (Wildman–Crippen MR) is 80.4 cm³/mol. The van der Waals surface area contributed by atoms with Crippen molar-refractivity contribution in [3.63, 3.8) is 0 Å². The zero-order chi connectivity index (χ0) is 15.0. The molecule has 2 saturated carbocycles. The van der Waals surface area contributed by atoms with E-state index >= 15 is 0 Å². The van der Waals surface area contributed by atoms with E-state index in [1.165, 1.54) is 6.42 Å². The second-order valence-electron chi connectivity index (χ2n) is 6.27. The van der Waals surface area contributed by atoms with Crippen LogP contribution < -0.4 is 14.8 Å². The normalized spacial score (nSPS) is 27.7. The molecule has 2 aliphatic carbocycles. The molecule has 0 aromatic heterocycles. The van der Waals surface area contributed by atoms with E-state index in [2.05, 4.69) is 5.32 Å². The van der Waals surface area contributed by atoms with E-state index in [9.17, 15) is 4.79 Å². The average Bonchev–Trinajstić information content (AvgIpc) is 3.12. The van der Waals surface area contributed by atoms with Crippen LogP contribution in [0.2, 0.25) is 0 Å². The van der Waals surface area contributed by atoms with Crippen LogP contribution in [0, 0.1) is 17.8 Å². The van der Waals surface area contributed by atoms with Gasteiger partial charge in [-0.05, 0) is 55.7 Å². The summed E-state index contributed by atoms with van der Waals surface area (Å²) < 4.78 is 10.6. The molecule has 1 aromatic rings. The molecule has 3 unspecified atom stereocenters. The van der Waals surface area contributed by atoms with Gasteiger partial charge in [-0.3, -0.25) is 4.79 Å². The lowest BCUT2D eigenvalue weighted by Crippen LogP contribution is -2.32. The predicted octanol–water partition coefficient (Wildman–Crippen LogP) is 2.93. The number of ether oxygens (including phenoxy) is 2. The molecule has 0 bridgehead atoms. The van der Waals surface area contributed by atoms with Crippen LogP contribution in [0.1, 0.15) is 37.8 Å². The molecule has 4 heteroatoms. The maximum absolute atomic E-state index is 12.3. The molecule has 4 nitrogen and oxygen atoms in total. The van der Waals surface area contributed by atoms with Crippen molar-refractivity contribution in [2.45, 2.75) is 32.2 Å². The highest BCUT2D eigenvalue weighted by Crippen LogP contribution is 2.54. The molecular weight excluding hydrogens is 266 g/mol. The zero-order valence-electron chi connectivity index (χ0n) is 12.9. The van der Waals surface area contributed by atoms with Crippen LogP contribution in [0.25, 0.3) is 0 Å². The lowest BCUT2D eigenvalue weighted by molar-refractivity contribution is -0.125. The van der Waals surface area contributed by atoms with Gasteiger partial charge in [-0.25, -0.2) is 0 Å². The Labute approximate surface area is 125 Å². The van der Waals surface area contributed by atoms with E-state index in [-0.39, 0.29) is 17.9 Å². The minimum absolute atomic E-state index is 0.0192. The molecule has 0 aliphatic heterocycles. The summed E-state index contributed by atoms with van der Waals surface area (Å²) in [7, 11) is 3.24. The summed E-state index contributed by atoms with van der Waals surface area (Å²) in [4.78, 5) is 12.3. The number of fused-ring (bicyclic) bond motifs is 1. The molecule has 3 rings (SSSR count). The van der Waals surface area contributed by atoms with Gasteiger partial charge in [0, 0.05) is 5.92 Å². The molecule has 2 aliphatic rings. The minimum atomic E-state index is -0.0192. The van der Waals surface area contributed by atoms with Crippen molar-refractivity contribution >= 4 is 5.91 Å². The molecular formula is C17H23NO3. The molecule has 2 fully saturated rings. The lowest BCUT2D eigenvalue weighted by Gasteiger charge is -2.19. The van der Waals surface area contributed by atoms with Crippen LogP contribution in [0.15, 0.2) is 18.2 Å². The molecule has 0 heterocycles. The SMILES string of the molecule is COc1ccc(C(C)NC(=O)C2CC3CC3C2)cc1OC. The van der Waals surface area contributed by atoms with Gasteiger partial charge in [0.15, 0.2) is 11.5 Å². The summed E-state index contributed by atoms with van der Waals surface area (Å²) in [6.07, 6.45) is 3.50. The molecule has 21 heavy (non-hydrogen) atoms. The molecule has 3 atom stereocenters. The quantitative estimate of drug-likeness (QED) is 0.906. The van der Waals surface area contributed by atoms with Gasteiger partial charge in [-0.1, -0.05) is 6.07 Å². The molecule has 1 amide bonds. The summed E-state index contributed by atoms with van der Waals surface area (Å²) in [6.45, 7) is 2.01. The topological polar surface area (TPSA) is 47.6 Å². The zero-order valence-corrected chi connectivity index (χ0v) is 12.9. The second-order valence-corrected chi connectivity index (χ2v) is 6.27. The Bertz CT molecular complexity index is 533. The number of methoxy groups -OCH3 is 2. The first kappa shape index (κ1) is 14.2. The van der Waals surface area contributed by atoms with Gasteiger partial charge < -0.3 is 14.8 Å². The van der Waals surface area contributed by atoms with Crippen molar-refractivity contribution in [2.75, 3.05) is 14.2 Å². The summed E-state index contributed by atoms with van der Waals surface area (Å²) in [6, 6.07) is 5.75. The van der Waals surface area contributed by atoms with Gasteiger partial charge in [0.05, 0.1) is 20.3 Å². The Morgan fingerprint density at radius 1 is 1.14 bits per heavy atom. The monoisotopic (exact) mass is 289 g/mol. The Balaban J connectivity index is 1.64. The van der Waals surface area contributed by atoms with E-state index < -0.39 is 0 Å². The number of nitrogens with one attached hydrogen (secondary N) is 1. The van der Waals surface area contributed by atoms with Gasteiger partial charge >= 0.3 is 0 Å². The standard InChI is InChI=1S/C17H23NO3/c1-10(11-4-5-15(20-2)16(9-11)21-3)18-17(19)14-7-12-6-13(12)8-14/h4-5,9-10,12-14H,6-8H2,1-3H3,(H,18,19). The molecule has 1 aromatic carbocycles. The Morgan fingerprint density at radius 3 is 2.43 bits per heavy atom. The van der Waals surface area contributed by atoms with E-state index in [0.717, 1.165) is 30.2 Å². The summed E-state index contributed by atoms with van der Waals surface area (Å²) in [5, 5.41) is 3.13. The van der Waals surface area contributed by atoms with Crippen molar-refractivity contribution in [3.05, 3.63) is 23.8 Å². The van der Waals surface area contributed by atoms with Crippen LogP contribution in [0.5, 0.6) is 11.5 Å². The number of carbonyl (C=O) groups is 1. The first-order valence-corrected chi connectivity index (χ1v) is 7.64. The average molecular weight is 289 g/mol. The third-order valence-electron chi connectivity index (χ3n) is 4.88. The highest BCUT2D eigenvalue weighted by Gasteiger charge is 2.48. The number of amides is 1. The molecule has 114 valence electrons. The van der Waals surface area contributed by atoms with Gasteiger partial charge in [0.2, 0.25) is 5.91 Å². The van der Waals surface area contributed by atoms with Gasteiger partial charge in [-0.15, -0.1) is 0 Å². The molecule has 0 spiro atoms. The maximum atomic E-state index is 12.3. The van der Waals surface area contributed by atoms with Gasteiger partial charge in [0.1, 0.15) is 0 Å². The second kappa shape index (κ2) is 5.58. The highest BCUT2D eigenvalue weighted by atomic mass is 16.5. The van der Waals surface area contributed by atoms with Crippen molar-refractivity contribution in [2.24, 2.45) is 17.8 Å². The van der Waals surface area contributed by atoms with Crippen molar-refractivity contribution < 1.29 is 14.3 Å². The van der Waals surface area contributed by atoms with Crippen LogP contribution in [0.4, 0.5) is 0 Å². The smallest absolute Gasteiger partial charge is 0.223 e.